The fraction of sp³-hybridized carbons (Fsp3) is 0.500. The SMILES string of the molecule is CCOc1ccc(NC(=O)[C@H]2[C@@H](C(=O)O)[C@@H]3CC[C@@H]2C3=C(C)C)cc1. The van der Waals surface area contributed by atoms with Crippen LogP contribution in [0, 0.1) is 23.7 Å². The number of allylic oxidation sites excluding steroid dienone is 2. The Morgan fingerprint density at radius 1 is 1.12 bits per heavy atom. The number of aliphatic carboxylic acids is 1. The van der Waals surface area contributed by atoms with E-state index in [2.05, 4.69) is 5.32 Å². The number of nitrogens with one attached hydrogen (secondary N) is 1. The van der Waals surface area contributed by atoms with E-state index in [1.54, 1.807) is 24.3 Å². The van der Waals surface area contributed by atoms with Crippen LogP contribution in [0.2, 0.25) is 0 Å². The molecule has 4 atom stereocenters. The first-order valence-electron chi connectivity index (χ1n) is 8.87. The number of rotatable bonds is 5. The average molecular weight is 343 g/mol. The lowest BCUT2D eigenvalue weighted by Gasteiger charge is -2.26. The van der Waals surface area contributed by atoms with E-state index in [9.17, 15) is 14.7 Å². The topological polar surface area (TPSA) is 75.6 Å². The van der Waals surface area contributed by atoms with Crippen molar-refractivity contribution in [1.82, 2.24) is 0 Å². The normalized spacial score (nSPS) is 27.2. The monoisotopic (exact) mass is 343 g/mol. The second kappa shape index (κ2) is 6.90. The first kappa shape index (κ1) is 17.5. The molecule has 1 aromatic carbocycles. The first-order chi connectivity index (χ1) is 11.9. The lowest BCUT2D eigenvalue weighted by Crippen LogP contribution is -2.37. The van der Waals surface area contributed by atoms with E-state index in [0.29, 0.717) is 12.3 Å². The maximum Gasteiger partial charge on any atom is 0.307 e. The molecule has 0 aromatic heterocycles. The largest absolute Gasteiger partial charge is 0.494 e. The number of hydrogen-bond donors (Lipinski definition) is 2. The number of carboxylic acid groups (broad SMARTS) is 1. The Kier molecular flexibility index (Phi) is 4.84. The van der Waals surface area contributed by atoms with Crippen LogP contribution in [0.25, 0.3) is 0 Å². The molecule has 2 N–H and O–H groups in total. The Morgan fingerprint density at radius 3 is 2.24 bits per heavy atom. The van der Waals surface area contributed by atoms with Crippen LogP contribution in [-0.4, -0.2) is 23.6 Å². The third kappa shape index (κ3) is 3.15. The third-order valence-electron chi connectivity index (χ3n) is 5.44. The van der Waals surface area contributed by atoms with Gasteiger partial charge >= 0.3 is 5.97 Å². The van der Waals surface area contributed by atoms with Crippen molar-refractivity contribution < 1.29 is 19.4 Å². The van der Waals surface area contributed by atoms with E-state index in [0.717, 1.165) is 24.2 Å². The summed E-state index contributed by atoms with van der Waals surface area (Å²) in [5.41, 5.74) is 3.02. The Balaban J connectivity index is 1.81. The number of carbonyl (C=O) groups is 2. The molecule has 2 saturated carbocycles. The molecule has 2 aliphatic carbocycles. The molecule has 3 rings (SSSR count). The van der Waals surface area contributed by atoms with Gasteiger partial charge in [0, 0.05) is 5.69 Å². The second-order valence-electron chi connectivity index (χ2n) is 7.08. The van der Waals surface area contributed by atoms with Crippen molar-refractivity contribution in [2.45, 2.75) is 33.6 Å². The highest BCUT2D eigenvalue weighted by Crippen LogP contribution is 2.57. The molecule has 25 heavy (non-hydrogen) atoms. The summed E-state index contributed by atoms with van der Waals surface area (Å²) in [4.78, 5) is 24.7. The predicted octanol–water partition coefficient (Wildman–Crippen LogP) is 3.72. The van der Waals surface area contributed by atoms with Gasteiger partial charge in [-0.25, -0.2) is 0 Å². The van der Waals surface area contributed by atoms with Gasteiger partial charge in [-0.2, -0.15) is 0 Å². The van der Waals surface area contributed by atoms with Crippen LogP contribution >= 0.6 is 0 Å². The van der Waals surface area contributed by atoms with Gasteiger partial charge < -0.3 is 15.2 Å². The number of hydrogen-bond acceptors (Lipinski definition) is 3. The van der Waals surface area contributed by atoms with Crippen LogP contribution < -0.4 is 10.1 Å². The van der Waals surface area contributed by atoms with Crippen molar-refractivity contribution in [3.05, 3.63) is 35.4 Å². The summed E-state index contributed by atoms with van der Waals surface area (Å²) in [5.74, 6) is -1.36. The van der Waals surface area contributed by atoms with Crippen molar-refractivity contribution in [3.8, 4) is 5.75 Å². The lowest BCUT2D eigenvalue weighted by molar-refractivity contribution is -0.148. The fourth-order valence-corrected chi connectivity index (χ4v) is 4.63. The van der Waals surface area contributed by atoms with Gasteiger partial charge in [0.05, 0.1) is 18.4 Å². The highest BCUT2D eigenvalue weighted by Gasteiger charge is 2.57. The van der Waals surface area contributed by atoms with Crippen LogP contribution in [-0.2, 0) is 9.59 Å². The standard InChI is InChI=1S/C20H25NO4/c1-4-25-13-7-5-12(6-8-13)21-19(22)17-14-9-10-15(16(14)11(2)3)18(17)20(23)24/h5-8,14-15,17-18H,4,9-10H2,1-3H3,(H,21,22)(H,23,24)/t14-,15-,17-,18+/m1/s1. The Morgan fingerprint density at radius 2 is 1.72 bits per heavy atom. The number of ether oxygens (including phenoxy) is 1. The molecular weight excluding hydrogens is 318 g/mol. The van der Waals surface area contributed by atoms with Gasteiger partial charge in [-0.05, 0) is 69.7 Å². The van der Waals surface area contributed by atoms with E-state index in [1.807, 2.05) is 20.8 Å². The molecule has 1 amide bonds. The van der Waals surface area contributed by atoms with Gasteiger partial charge in [0.15, 0.2) is 0 Å². The first-order valence-corrected chi connectivity index (χ1v) is 8.87. The zero-order valence-corrected chi connectivity index (χ0v) is 14.9. The summed E-state index contributed by atoms with van der Waals surface area (Å²) >= 11 is 0. The van der Waals surface area contributed by atoms with E-state index >= 15 is 0 Å². The Bertz CT molecular complexity index is 703. The van der Waals surface area contributed by atoms with Crippen LogP contribution in [0.15, 0.2) is 35.4 Å². The smallest absolute Gasteiger partial charge is 0.307 e. The number of benzene rings is 1. The van der Waals surface area contributed by atoms with E-state index in [4.69, 9.17) is 4.74 Å². The molecule has 0 saturated heterocycles. The average Bonchev–Trinajstić information content (AvgIpc) is 3.13. The fourth-order valence-electron chi connectivity index (χ4n) is 4.63. The van der Waals surface area contributed by atoms with Crippen LogP contribution in [0.5, 0.6) is 5.75 Å². The van der Waals surface area contributed by atoms with Crippen molar-refractivity contribution in [2.75, 3.05) is 11.9 Å². The molecule has 2 aliphatic rings. The minimum absolute atomic E-state index is 0.00331. The molecule has 5 nitrogen and oxygen atoms in total. The number of fused-ring (bicyclic) bond motifs is 2. The van der Waals surface area contributed by atoms with E-state index < -0.39 is 17.8 Å². The molecule has 0 heterocycles. The van der Waals surface area contributed by atoms with Crippen LogP contribution in [0.4, 0.5) is 5.69 Å². The molecule has 0 spiro atoms. The van der Waals surface area contributed by atoms with Crippen molar-refractivity contribution >= 4 is 17.6 Å². The summed E-state index contributed by atoms with van der Waals surface area (Å²) in [6.07, 6.45) is 1.77. The summed E-state index contributed by atoms with van der Waals surface area (Å²) in [6.45, 7) is 6.54. The van der Waals surface area contributed by atoms with Crippen LogP contribution in [0.3, 0.4) is 0 Å². The van der Waals surface area contributed by atoms with Gasteiger partial charge in [0.2, 0.25) is 5.91 Å². The molecule has 0 aliphatic heterocycles. The van der Waals surface area contributed by atoms with Crippen molar-refractivity contribution in [3.63, 3.8) is 0 Å². The molecule has 2 fully saturated rings. The predicted molar refractivity (Wildman–Crippen MR) is 95.4 cm³/mol. The van der Waals surface area contributed by atoms with Crippen LogP contribution in [0.1, 0.15) is 33.6 Å². The zero-order chi connectivity index (χ0) is 18.1. The molecular formula is C20H25NO4. The Hall–Kier alpha value is -2.30. The maximum atomic E-state index is 12.9. The van der Waals surface area contributed by atoms with E-state index in [1.165, 1.54) is 5.57 Å². The number of carboxylic acids is 1. The molecule has 2 bridgehead atoms. The summed E-state index contributed by atoms with van der Waals surface area (Å²) < 4.78 is 5.40. The number of carbonyl (C=O) groups excluding carboxylic acids is 1. The summed E-state index contributed by atoms with van der Waals surface area (Å²) in [5, 5.41) is 12.6. The second-order valence-corrected chi connectivity index (χ2v) is 7.08. The molecule has 0 radical (unpaired) electrons. The molecule has 134 valence electrons. The quantitative estimate of drug-likeness (QED) is 0.799. The van der Waals surface area contributed by atoms with E-state index in [-0.39, 0.29) is 17.7 Å². The van der Waals surface area contributed by atoms with Gasteiger partial charge in [-0.15, -0.1) is 0 Å². The molecule has 5 heteroatoms. The Labute approximate surface area is 148 Å². The maximum absolute atomic E-state index is 12.9. The highest BCUT2D eigenvalue weighted by atomic mass is 16.5. The van der Waals surface area contributed by atoms with Gasteiger partial charge in [0.1, 0.15) is 5.75 Å². The van der Waals surface area contributed by atoms with Gasteiger partial charge in [0.25, 0.3) is 0 Å². The number of anilines is 1. The third-order valence-corrected chi connectivity index (χ3v) is 5.44. The summed E-state index contributed by atoms with van der Waals surface area (Å²) in [7, 11) is 0. The van der Waals surface area contributed by atoms with Gasteiger partial charge in [-0.3, -0.25) is 9.59 Å². The summed E-state index contributed by atoms with van der Waals surface area (Å²) in [6, 6.07) is 7.17. The molecule has 1 aromatic rings. The molecule has 0 unspecified atom stereocenters. The zero-order valence-electron chi connectivity index (χ0n) is 14.9. The highest BCUT2D eigenvalue weighted by molar-refractivity contribution is 5.96. The van der Waals surface area contributed by atoms with Crippen molar-refractivity contribution in [1.29, 1.82) is 0 Å². The minimum atomic E-state index is -0.863. The van der Waals surface area contributed by atoms with Gasteiger partial charge in [-0.1, -0.05) is 11.1 Å². The van der Waals surface area contributed by atoms with Crippen molar-refractivity contribution in [2.24, 2.45) is 23.7 Å². The lowest BCUT2D eigenvalue weighted by atomic mass is 9.78. The minimum Gasteiger partial charge on any atom is -0.494 e. The number of amides is 1.